The van der Waals surface area contributed by atoms with E-state index >= 15 is 0 Å². The van der Waals surface area contributed by atoms with Crippen LogP contribution < -0.4 is 10.1 Å². The van der Waals surface area contributed by atoms with Gasteiger partial charge in [0.25, 0.3) is 5.91 Å². The van der Waals surface area contributed by atoms with E-state index in [1.807, 2.05) is 0 Å². The molecule has 0 aliphatic carbocycles. The monoisotopic (exact) mass is 277 g/mol. The number of aromatic nitrogens is 1. The molecule has 0 saturated carbocycles. The van der Waals surface area contributed by atoms with E-state index in [1.165, 1.54) is 26.4 Å². The maximum absolute atomic E-state index is 12.1. The number of carbonyl (C=O) groups excluding carboxylic acids is 1. The summed E-state index contributed by atoms with van der Waals surface area (Å²) in [5.74, 6) is 0.246. The Morgan fingerprint density at radius 3 is 3.15 bits per heavy atom. The second kappa shape index (κ2) is 7.24. The van der Waals surface area contributed by atoms with E-state index in [0.29, 0.717) is 24.0 Å². The number of amides is 1. The van der Waals surface area contributed by atoms with E-state index in [2.05, 4.69) is 22.1 Å². The number of pyridine rings is 1. The molecule has 0 bridgehead atoms. The predicted octanol–water partition coefficient (Wildman–Crippen LogP) is 1.69. The van der Waals surface area contributed by atoms with Crippen molar-refractivity contribution in [2.75, 3.05) is 26.7 Å². The van der Waals surface area contributed by atoms with Crippen LogP contribution in [0.25, 0.3) is 0 Å². The molecule has 1 N–H and O–H groups in total. The summed E-state index contributed by atoms with van der Waals surface area (Å²) in [5, 5.41) is 2.94. The zero-order chi connectivity index (χ0) is 14.4. The van der Waals surface area contributed by atoms with E-state index in [9.17, 15) is 4.79 Å². The summed E-state index contributed by atoms with van der Waals surface area (Å²) in [5.41, 5.74) is 0.488. The van der Waals surface area contributed by atoms with Gasteiger partial charge in [0, 0.05) is 25.3 Å². The third-order valence-corrected chi connectivity index (χ3v) is 3.83. The lowest BCUT2D eigenvalue weighted by Crippen LogP contribution is -2.42. The molecule has 1 aliphatic heterocycles. The summed E-state index contributed by atoms with van der Waals surface area (Å²) < 4.78 is 5.10. The van der Waals surface area contributed by atoms with Crippen molar-refractivity contribution in [2.24, 2.45) is 0 Å². The van der Waals surface area contributed by atoms with Crippen molar-refractivity contribution in [1.29, 1.82) is 0 Å². The zero-order valence-electron chi connectivity index (χ0n) is 12.3. The van der Waals surface area contributed by atoms with E-state index in [-0.39, 0.29) is 5.91 Å². The first-order valence-electron chi connectivity index (χ1n) is 7.23. The topological polar surface area (TPSA) is 54.5 Å². The van der Waals surface area contributed by atoms with Crippen LogP contribution in [0.3, 0.4) is 0 Å². The quantitative estimate of drug-likeness (QED) is 0.890. The molecule has 1 aliphatic rings. The SMILES string of the molecule is COc1ncccc1C(=O)NCCN1CCCCC1C. The fraction of sp³-hybridized carbons (Fsp3) is 0.600. The summed E-state index contributed by atoms with van der Waals surface area (Å²) in [4.78, 5) is 18.6. The lowest BCUT2D eigenvalue weighted by atomic mass is 10.0. The average molecular weight is 277 g/mol. The van der Waals surface area contributed by atoms with Gasteiger partial charge in [0.2, 0.25) is 5.88 Å². The normalized spacial score (nSPS) is 19.6. The summed E-state index contributed by atoms with van der Waals surface area (Å²) in [6.07, 6.45) is 5.45. The van der Waals surface area contributed by atoms with Crippen molar-refractivity contribution >= 4 is 5.91 Å². The van der Waals surface area contributed by atoms with E-state index in [0.717, 1.165) is 13.1 Å². The number of ether oxygens (including phenoxy) is 1. The fourth-order valence-electron chi connectivity index (χ4n) is 2.62. The van der Waals surface area contributed by atoms with Gasteiger partial charge in [0.15, 0.2) is 0 Å². The molecule has 2 heterocycles. The smallest absolute Gasteiger partial charge is 0.256 e. The van der Waals surface area contributed by atoms with Crippen molar-refractivity contribution in [2.45, 2.75) is 32.2 Å². The molecule has 2 rings (SSSR count). The van der Waals surface area contributed by atoms with E-state index in [4.69, 9.17) is 4.74 Å². The molecule has 1 aromatic heterocycles. The standard InChI is InChI=1S/C15H23N3O2/c1-12-6-3-4-10-18(12)11-9-16-14(19)13-7-5-8-17-15(13)20-2/h5,7-8,12H,3-4,6,9-11H2,1-2H3,(H,16,19). The maximum atomic E-state index is 12.1. The Labute approximate surface area is 120 Å². The van der Waals surface area contributed by atoms with Crippen LogP contribution >= 0.6 is 0 Å². The minimum atomic E-state index is -0.125. The molecule has 110 valence electrons. The Morgan fingerprint density at radius 1 is 1.55 bits per heavy atom. The average Bonchev–Trinajstić information content (AvgIpc) is 2.49. The molecular weight excluding hydrogens is 254 g/mol. The number of hydrogen-bond donors (Lipinski definition) is 1. The van der Waals surface area contributed by atoms with Crippen LogP contribution in [0.15, 0.2) is 18.3 Å². The Bertz CT molecular complexity index is 450. The Balaban J connectivity index is 1.83. The third-order valence-electron chi connectivity index (χ3n) is 3.83. The summed E-state index contributed by atoms with van der Waals surface area (Å²) in [6, 6.07) is 4.09. The van der Waals surface area contributed by atoms with Crippen LogP contribution in [-0.4, -0.2) is 48.6 Å². The van der Waals surface area contributed by atoms with Gasteiger partial charge in [-0.05, 0) is 38.4 Å². The molecule has 1 saturated heterocycles. The number of hydrogen-bond acceptors (Lipinski definition) is 4. The summed E-state index contributed by atoms with van der Waals surface area (Å²) >= 11 is 0. The highest BCUT2D eigenvalue weighted by Gasteiger charge is 2.18. The minimum absolute atomic E-state index is 0.125. The summed E-state index contributed by atoms with van der Waals surface area (Å²) in [6.45, 7) is 4.94. The summed E-state index contributed by atoms with van der Waals surface area (Å²) in [7, 11) is 1.52. The molecule has 1 aromatic rings. The van der Waals surface area contributed by atoms with Crippen LogP contribution in [0.2, 0.25) is 0 Å². The Kier molecular flexibility index (Phi) is 5.35. The number of nitrogens with one attached hydrogen (secondary N) is 1. The molecule has 1 fully saturated rings. The molecular formula is C15H23N3O2. The highest BCUT2D eigenvalue weighted by Crippen LogP contribution is 2.16. The molecule has 0 aromatic carbocycles. The number of piperidine rings is 1. The lowest BCUT2D eigenvalue weighted by Gasteiger charge is -2.33. The Morgan fingerprint density at radius 2 is 2.40 bits per heavy atom. The molecule has 1 atom stereocenters. The van der Waals surface area contributed by atoms with Gasteiger partial charge in [-0.25, -0.2) is 4.98 Å². The van der Waals surface area contributed by atoms with Crippen LogP contribution in [-0.2, 0) is 0 Å². The van der Waals surface area contributed by atoms with Gasteiger partial charge < -0.3 is 10.1 Å². The van der Waals surface area contributed by atoms with Gasteiger partial charge >= 0.3 is 0 Å². The van der Waals surface area contributed by atoms with Gasteiger partial charge in [-0.15, -0.1) is 0 Å². The van der Waals surface area contributed by atoms with Gasteiger partial charge in [0.05, 0.1) is 7.11 Å². The van der Waals surface area contributed by atoms with Crippen molar-refractivity contribution in [3.05, 3.63) is 23.9 Å². The first-order valence-corrected chi connectivity index (χ1v) is 7.23. The Hall–Kier alpha value is -1.62. The molecule has 0 radical (unpaired) electrons. The number of methoxy groups -OCH3 is 1. The highest BCUT2D eigenvalue weighted by molar-refractivity contribution is 5.96. The van der Waals surface area contributed by atoms with Crippen molar-refractivity contribution in [3.8, 4) is 5.88 Å². The lowest BCUT2D eigenvalue weighted by molar-refractivity contribution is 0.0934. The zero-order valence-corrected chi connectivity index (χ0v) is 12.3. The van der Waals surface area contributed by atoms with Crippen molar-refractivity contribution < 1.29 is 9.53 Å². The number of rotatable bonds is 5. The second-order valence-electron chi connectivity index (χ2n) is 5.20. The first-order chi connectivity index (χ1) is 9.72. The van der Waals surface area contributed by atoms with Crippen LogP contribution in [0.5, 0.6) is 5.88 Å². The van der Waals surface area contributed by atoms with Crippen LogP contribution in [0.4, 0.5) is 0 Å². The van der Waals surface area contributed by atoms with Gasteiger partial charge in [-0.3, -0.25) is 9.69 Å². The minimum Gasteiger partial charge on any atom is -0.480 e. The van der Waals surface area contributed by atoms with Crippen LogP contribution in [0.1, 0.15) is 36.5 Å². The van der Waals surface area contributed by atoms with Crippen molar-refractivity contribution in [1.82, 2.24) is 15.2 Å². The third kappa shape index (κ3) is 3.70. The molecule has 1 unspecified atom stereocenters. The molecule has 5 nitrogen and oxygen atoms in total. The largest absolute Gasteiger partial charge is 0.480 e. The van der Waals surface area contributed by atoms with E-state index in [1.54, 1.807) is 18.3 Å². The highest BCUT2D eigenvalue weighted by atomic mass is 16.5. The second-order valence-corrected chi connectivity index (χ2v) is 5.20. The molecule has 5 heteroatoms. The first kappa shape index (κ1) is 14.8. The predicted molar refractivity (Wildman–Crippen MR) is 78.0 cm³/mol. The maximum Gasteiger partial charge on any atom is 0.256 e. The molecule has 1 amide bonds. The van der Waals surface area contributed by atoms with Crippen molar-refractivity contribution in [3.63, 3.8) is 0 Å². The number of carbonyl (C=O) groups is 1. The van der Waals surface area contributed by atoms with Crippen LogP contribution in [0, 0.1) is 0 Å². The number of nitrogens with zero attached hydrogens (tertiary/aromatic N) is 2. The van der Waals surface area contributed by atoms with Gasteiger partial charge in [0.1, 0.15) is 5.56 Å². The number of likely N-dealkylation sites (tertiary alicyclic amines) is 1. The van der Waals surface area contributed by atoms with Gasteiger partial charge in [-0.2, -0.15) is 0 Å². The van der Waals surface area contributed by atoms with Gasteiger partial charge in [-0.1, -0.05) is 6.42 Å². The molecule has 0 spiro atoms. The van der Waals surface area contributed by atoms with E-state index < -0.39 is 0 Å². The molecule has 20 heavy (non-hydrogen) atoms. The fourth-order valence-corrected chi connectivity index (χ4v) is 2.62.